The van der Waals surface area contributed by atoms with Crippen LogP contribution in [0, 0.1) is 6.92 Å². The van der Waals surface area contributed by atoms with E-state index in [2.05, 4.69) is 31.3 Å². The van der Waals surface area contributed by atoms with Gasteiger partial charge in [-0.1, -0.05) is 0 Å². The van der Waals surface area contributed by atoms with Crippen LogP contribution in [-0.2, 0) is 11.2 Å². The van der Waals surface area contributed by atoms with Crippen LogP contribution in [0.15, 0.2) is 47.3 Å². The Morgan fingerprint density at radius 3 is 2.91 bits per heavy atom. The molecular weight excluding hydrogens is 432 g/mol. The summed E-state index contributed by atoms with van der Waals surface area (Å²) in [6.45, 7) is 3.19. The number of amides is 1. The van der Waals surface area contributed by atoms with Crippen molar-refractivity contribution < 1.29 is 14.3 Å². The van der Waals surface area contributed by atoms with E-state index in [1.54, 1.807) is 6.20 Å². The Labute approximate surface area is 196 Å². The maximum Gasteiger partial charge on any atom is 0.230 e. The molecule has 2 fully saturated rings. The molecule has 0 bridgehead atoms. The van der Waals surface area contributed by atoms with Gasteiger partial charge in [0.1, 0.15) is 6.26 Å². The van der Waals surface area contributed by atoms with Crippen molar-refractivity contribution in [2.24, 2.45) is 0 Å². The number of anilines is 2. The number of carbonyl (C=O) groups excluding carboxylic acids is 1. The molecule has 3 aromatic heterocycles. The molecule has 4 heterocycles. The van der Waals surface area contributed by atoms with Crippen molar-refractivity contribution in [1.29, 1.82) is 0 Å². The molecule has 1 saturated carbocycles. The lowest BCUT2D eigenvalue weighted by atomic mass is 10.1. The Hall–Kier alpha value is -3.72. The number of nitrogens with one attached hydrogen (secondary N) is 1. The van der Waals surface area contributed by atoms with Gasteiger partial charge in [-0.15, -0.1) is 0 Å². The summed E-state index contributed by atoms with van der Waals surface area (Å²) in [5, 5.41) is 18.8. The highest BCUT2D eigenvalue weighted by molar-refractivity contribution is 5.99. The molecule has 1 saturated heterocycles. The first-order valence-corrected chi connectivity index (χ1v) is 11.6. The summed E-state index contributed by atoms with van der Waals surface area (Å²) in [7, 11) is 0. The first-order chi connectivity index (χ1) is 16.5. The Morgan fingerprint density at radius 2 is 2.15 bits per heavy atom. The number of β-amino-alcohol motifs (C(OH)–C–C–N with tert-alkyl or cyclic N) is 1. The molecule has 2 aliphatic rings. The van der Waals surface area contributed by atoms with E-state index in [1.807, 2.05) is 36.0 Å². The second kappa shape index (κ2) is 8.25. The number of aliphatic hydroxyl groups is 1. The molecule has 1 aliphatic heterocycles. The number of benzene rings is 1. The number of pyridine rings is 1. The first-order valence-electron chi connectivity index (χ1n) is 11.6. The molecule has 0 radical (unpaired) electrons. The number of aromatic nitrogens is 4. The molecule has 0 unspecified atom stereocenters. The van der Waals surface area contributed by atoms with Crippen molar-refractivity contribution in [3.05, 3.63) is 54.3 Å². The molecule has 1 aliphatic carbocycles. The summed E-state index contributed by atoms with van der Waals surface area (Å²) in [6, 6.07) is 8.23. The largest absolute Gasteiger partial charge is 0.444 e. The molecule has 0 spiro atoms. The summed E-state index contributed by atoms with van der Waals surface area (Å²) in [5.41, 5.74) is 4.90. The van der Waals surface area contributed by atoms with Gasteiger partial charge in [-0.2, -0.15) is 5.10 Å². The lowest BCUT2D eigenvalue weighted by molar-refractivity contribution is -0.115. The normalized spacial score (nSPS) is 18.1. The molecule has 174 valence electrons. The van der Waals surface area contributed by atoms with Crippen LogP contribution in [0.25, 0.3) is 22.4 Å². The molecule has 2 N–H and O–H groups in total. The van der Waals surface area contributed by atoms with Gasteiger partial charge < -0.3 is 19.7 Å². The maximum absolute atomic E-state index is 13.0. The minimum absolute atomic E-state index is 0.0928. The number of rotatable bonds is 6. The smallest absolute Gasteiger partial charge is 0.230 e. The Balaban J connectivity index is 1.26. The van der Waals surface area contributed by atoms with Gasteiger partial charge in [0.05, 0.1) is 47.3 Å². The third-order valence-electron chi connectivity index (χ3n) is 6.42. The number of fused-ring (bicyclic) bond motifs is 1. The fourth-order valence-electron chi connectivity index (χ4n) is 4.57. The number of hydrogen-bond acceptors (Lipinski definition) is 7. The zero-order valence-electron chi connectivity index (χ0n) is 18.9. The molecule has 1 atom stereocenters. The average Bonchev–Trinajstić information content (AvgIpc) is 3.19. The third kappa shape index (κ3) is 4.03. The molecule has 1 amide bonds. The molecule has 9 heteroatoms. The first kappa shape index (κ1) is 20.9. The van der Waals surface area contributed by atoms with Crippen molar-refractivity contribution in [1.82, 2.24) is 19.7 Å². The van der Waals surface area contributed by atoms with E-state index in [0.717, 1.165) is 52.9 Å². The van der Waals surface area contributed by atoms with Crippen LogP contribution in [0.1, 0.15) is 36.7 Å². The van der Waals surface area contributed by atoms with Gasteiger partial charge >= 0.3 is 0 Å². The Bertz CT molecular complexity index is 1370. The van der Waals surface area contributed by atoms with Gasteiger partial charge in [-0.05, 0) is 50.5 Å². The predicted molar refractivity (Wildman–Crippen MR) is 128 cm³/mol. The SMILES string of the molecule is Cc1cc(-c2nc(CC(=O)Nc3cc4c(cnn4C4CC4)cc3N3CC[C@H](O)C3)co2)ccn1. The minimum atomic E-state index is -0.362. The van der Waals surface area contributed by atoms with E-state index < -0.39 is 0 Å². The van der Waals surface area contributed by atoms with Crippen molar-refractivity contribution in [2.45, 2.75) is 44.8 Å². The standard InChI is InChI=1S/C25H26N6O3/c1-15-8-16(4-6-26-15)25-28-18(14-34-25)10-24(33)29-21-11-22-17(12-27-31(22)19-2-3-19)9-23(21)30-7-5-20(32)13-30/h4,6,8-9,11-12,14,19-20,32H,2-3,5,7,10,13H2,1H3,(H,29,33)/t20-/m0/s1. The van der Waals surface area contributed by atoms with Crippen LogP contribution in [0.2, 0.25) is 0 Å². The number of carbonyl (C=O) groups is 1. The van der Waals surface area contributed by atoms with Crippen LogP contribution in [0.4, 0.5) is 11.4 Å². The summed E-state index contributed by atoms with van der Waals surface area (Å²) in [5.74, 6) is 0.290. The fraction of sp³-hybridized carbons (Fsp3) is 0.360. The Morgan fingerprint density at radius 1 is 1.26 bits per heavy atom. The average molecular weight is 459 g/mol. The molecule has 4 aromatic rings. The van der Waals surface area contributed by atoms with Crippen LogP contribution >= 0.6 is 0 Å². The topological polar surface area (TPSA) is 109 Å². The van der Waals surface area contributed by atoms with E-state index in [9.17, 15) is 9.90 Å². The monoisotopic (exact) mass is 458 g/mol. The maximum atomic E-state index is 13.0. The third-order valence-corrected chi connectivity index (χ3v) is 6.42. The van der Waals surface area contributed by atoms with E-state index >= 15 is 0 Å². The van der Waals surface area contributed by atoms with Gasteiger partial charge in [0.2, 0.25) is 11.8 Å². The number of hydrogen-bond donors (Lipinski definition) is 2. The van der Waals surface area contributed by atoms with Gasteiger partial charge in [-0.3, -0.25) is 14.5 Å². The van der Waals surface area contributed by atoms with Crippen LogP contribution in [0.5, 0.6) is 0 Å². The van der Waals surface area contributed by atoms with Crippen molar-refractivity contribution >= 4 is 28.2 Å². The number of aliphatic hydroxyl groups excluding tert-OH is 1. The molecule has 34 heavy (non-hydrogen) atoms. The van der Waals surface area contributed by atoms with E-state index in [-0.39, 0.29) is 18.4 Å². The number of oxazole rings is 1. The van der Waals surface area contributed by atoms with Crippen LogP contribution < -0.4 is 10.2 Å². The highest BCUT2D eigenvalue weighted by atomic mass is 16.3. The predicted octanol–water partition coefficient (Wildman–Crippen LogP) is 3.48. The number of nitrogens with zero attached hydrogens (tertiary/aromatic N) is 5. The van der Waals surface area contributed by atoms with Gasteiger partial charge in [0, 0.05) is 35.9 Å². The van der Waals surface area contributed by atoms with Crippen LogP contribution in [0.3, 0.4) is 0 Å². The summed E-state index contributed by atoms with van der Waals surface area (Å²) in [6.07, 6.45) is 7.81. The number of aryl methyl sites for hydroxylation is 1. The summed E-state index contributed by atoms with van der Waals surface area (Å²) in [4.78, 5) is 23.8. The van der Waals surface area contributed by atoms with E-state index in [1.165, 1.54) is 6.26 Å². The molecule has 6 rings (SSSR count). The zero-order chi connectivity index (χ0) is 23.2. The molecular formula is C25H26N6O3. The molecule has 1 aromatic carbocycles. The molecule has 9 nitrogen and oxygen atoms in total. The minimum Gasteiger partial charge on any atom is -0.444 e. The quantitative estimate of drug-likeness (QED) is 0.455. The van der Waals surface area contributed by atoms with E-state index in [0.29, 0.717) is 30.6 Å². The fourth-order valence-corrected chi connectivity index (χ4v) is 4.57. The van der Waals surface area contributed by atoms with Gasteiger partial charge in [0.25, 0.3) is 0 Å². The van der Waals surface area contributed by atoms with E-state index in [4.69, 9.17) is 4.42 Å². The second-order valence-corrected chi connectivity index (χ2v) is 9.19. The highest BCUT2D eigenvalue weighted by Crippen LogP contribution is 2.40. The van der Waals surface area contributed by atoms with Crippen molar-refractivity contribution in [3.63, 3.8) is 0 Å². The Kier molecular flexibility index (Phi) is 5.06. The lowest BCUT2D eigenvalue weighted by Crippen LogP contribution is -2.24. The van der Waals surface area contributed by atoms with Gasteiger partial charge in [0.15, 0.2) is 0 Å². The lowest BCUT2D eigenvalue weighted by Gasteiger charge is -2.22. The van der Waals surface area contributed by atoms with Crippen molar-refractivity contribution in [3.8, 4) is 11.5 Å². The van der Waals surface area contributed by atoms with Gasteiger partial charge in [-0.25, -0.2) is 4.98 Å². The zero-order valence-corrected chi connectivity index (χ0v) is 18.9. The second-order valence-electron chi connectivity index (χ2n) is 9.19. The summed E-state index contributed by atoms with van der Waals surface area (Å²) < 4.78 is 7.65. The highest BCUT2D eigenvalue weighted by Gasteiger charge is 2.28. The van der Waals surface area contributed by atoms with Crippen LogP contribution in [-0.4, -0.2) is 50.0 Å². The van der Waals surface area contributed by atoms with Crippen molar-refractivity contribution in [2.75, 3.05) is 23.3 Å². The summed E-state index contributed by atoms with van der Waals surface area (Å²) >= 11 is 0.